The van der Waals surface area contributed by atoms with Gasteiger partial charge in [-0.2, -0.15) is 4.98 Å². The van der Waals surface area contributed by atoms with E-state index >= 15 is 0 Å². The fraction of sp³-hybridized carbons (Fsp3) is 0.263. The number of halogens is 2. The van der Waals surface area contributed by atoms with E-state index in [2.05, 4.69) is 15.1 Å². The molecule has 27 heavy (non-hydrogen) atoms. The number of hydrogen-bond acceptors (Lipinski definition) is 5. The fourth-order valence-electron chi connectivity index (χ4n) is 3.18. The maximum Gasteiger partial charge on any atom is 0.276 e. The Morgan fingerprint density at radius 1 is 1.19 bits per heavy atom. The molecule has 0 aliphatic carbocycles. The minimum Gasteiger partial charge on any atom is -0.338 e. The van der Waals surface area contributed by atoms with Crippen molar-refractivity contribution in [2.45, 2.75) is 18.8 Å². The molecule has 4 rings (SSSR count). The zero-order chi connectivity index (χ0) is 18.8. The van der Waals surface area contributed by atoms with Gasteiger partial charge in [-0.1, -0.05) is 11.2 Å². The predicted molar refractivity (Wildman–Crippen MR) is 91.8 cm³/mol. The highest BCUT2D eigenvalue weighted by Gasteiger charge is 2.29. The molecule has 0 bridgehead atoms. The van der Waals surface area contributed by atoms with Gasteiger partial charge in [0.15, 0.2) is 17.5 Å². The van der Waals surface area contributed by atoms with Gasteiger partial charge in [0.25, 0.3) is 11.8 Å². The molecule has 6 nitrogen and oxygen atoms in total. The van der Waals surface area contributed by atoms with E-state index in [1.807, 2.05) is 6.07 Å². The van der Waals surface area contributed by atoms with Crippen molar-refractivity contribution in [1.82, 2.24) is 20.0 Å². The molecule has 1 fully saturated rings. The van der Waals surface area contributed by atoms with Gasteiger partial charge in [-0.05, 0) is 43.2 Å². The summed E-state index contributed by atoms with van der Waals surface area (Å²) in [5.41, 5.74) is 0.707. The van der Waals surface area contributed by atoms with Gasteiger partial charge in [-0.25, -0.2) is 8.78 Å². The Balaban J connectivity index is 1.50. The van der Waals surface area contributed by atoms with Gasteiger partial charge in [-0.15, -0.1) is 0 Å². The molecule has 0 spiro atoms. The molecule has 138 valence electrons. The zero-order valence-corrected chi connectivity index (χ0v) is 14.3. The van der Waals surface area contributed by atoms with Crippen LogP contribution in [0.4, 0.5) is 8.78 Å². The van der Waals surface area contributed by atoms with E-state index in [1.54, 1.807) is 23.2 Å². The Bertz CT molecular complexity index is 961. The average Bonchev–Trinajstić information content (AvgIpc) is 3.21. The number of nitrogens with zero attached hydrogens (tertiary/aromatic N) is 4. The van der Waals surface area contributed by atoms with Crippen molar-refractivity contribution in [3.8, 4) is 11.6 Å². The third kappa shape index (κ3) is 3.55. The molecule has 0 saturated carbocycles. The molecule has 0 radical (unpaired) electrons. The zero-order valence-electron chi connectivity index (χ0n) is 14.3. The number of piperidine rings is 1. The van der Waals surface area contributed by atoms with Crippen molar-refractivity contribution in [2.24, 2.45) is 0 Å². The first-order valence-electron chi connectivity index (χ1n) is 8.61. The number of carbonyl (C=O) groups excluding carboxylic acids is 1. The minimum absolute atomic E-state index is 0.0887. The second-order valence-electron chi connectivity index (χ2n) is 6.39. The van der Waals surface area contributed by atoms with Crippen molar-refractivity contribution in [2.75, 3.05) is 13.1 Å². The van der Waals surface area contributed by atoms with Gasteiger partial charge >= 0.3 is 0 Å². The van der Waals surface area contributed by atoms with Crippen LogP contribution < -0.4 is 0 Å². The van der Waals surface area contributed by atoms with Gasteiger partial charge in [0.2, 0.25) is 0 Å². The smallest absolute Gasteiger partial charge is 0.276 e. The van der Waals surface area contributed by atoms with E-state index in [0.29, 0.717) is 30.5 Å². The summed E-state index contributed by atoms with van der Waals surface area (Å²) >= 11 is 0. The third-order valence-electron chi connectivity index (χ3n) is 4.57. The third-order valence-corrected chi connectivity index (χ3v) is 4.57. The molecule has 0 N–H and O–H groups in total. The number of likely N-dealkylation sites (tertiary alicyclic amines) is 1. The summed E-state index contributed by atoms with van der Waals surface area (Å²) in [6, 6.07) is 8.57. The Morgan fingerprint density at radius 2 is 2.07 bits per heavy atom. The summed E-state index contributed by atoms with van der Waals surface area (Å²) in [6.07, 6.45) is 3.21. The summed E-state index contributed by atoms with van der Waals surface area (Å²) in [5.74, 6) is -1.60. The predicted octanol–water partition coefficient (Wildman–Crippen LogP) is 3.43. The second kappa shape index (κ2) is 7.22. The Labute approximate surface area is 153 Å². The van der Waals surface area contributed by atoms with Crippen LogP contribution in [0.5, 0.6) is 0 Å². The lowest BCUT2D eigenvalue weighted by Gasteiger charge is -2.31. The van der Waals surface area contributed by atoms with E-state index in [9.17, 15) is 13.6 Å². The Kier molecular flexibility index (Phi) is 4.62. The normalized spacial score (nSPS) is 17.1. The lowest BCUT2D eigenvalue weighted by atomic mass is 9.96. The van der Waals surface area contributed by atoms with Gasteiger partial charge in [0.05, 0.1) is 0 Å². The summed E-state index contributed by atoms with van der Waals surface area (Å²) in [5, 5.41) is 4.03. The van der Waals surface area contributed by atoms with Crippen LogP contribution in [0.15, 0.2) is 47.1 Å². The number of pyridine rings is 1. The standard InChI is InChI=1S/C19H16F2N4O2/c20-14-7-6-12(10-15(14)21)19(26)25-9-3-4-13(11-25)17-23-18(27-24-17)16-5-1-2-8-22-16/h1-2,5-8,10,13H,3-4,9,11H2/t13-/m0/s1. The van der Waals surface area contributed by atoms with Crippen LogP contribution in [0.25, 0.3) is 11.6 Å². The molecule has 1 aromatic carbocycles. The molecule has 2 aromatic heterocycles. The lowest BCUT2D eigenvalue weighted by Crippen LogP contribution is -2.39. The highest BCUT2D eigenvalue weighted by molar-refractivity contribution is 5.94. The van der Waals surface area contributed by atoms with Crippen LogP contribution in [0.3, 0.4) is 0 Å². The average molecular weight is 370 g/mol. The number of amides is 1. The SMILES string of the molecule is O=C(c1ccc(F)c(F)c1)N1CCC[C@H](c2noc(-c3ccccn3)n2)C1. The number of hydrogen-bond donors (Lipinski definition) is 0. The molecule has 1 aliphatic rings. The molecular formula is C19H16F2N4O2. The van der Waals surface area contributed by atoms with Crippen molar-refractivity contribution < 1.29 is 18.1 Å². The van der Waals surface area contributed by atoms with Crippen molar-refractivity contribution in [1.29, 1.82) is 0 Å². The molecule has 3 aromatic rings. The van der Waals surface area contributed by atoms with Gasteiger partial charge in [0, 0.05) is 30.8 Å². The summed E-state index contributed by atoms with van der Waals surface area (Å²) in [4.78, 5) is 22.8. The second-order valence-corrected chi connectivity index (χ2v) is 6.39. The molecular weight excluding hydrogens is 354 g/mol. The summed E-state index contributed by atoms with van der Waals surface area (Å²) < 4.78 is 31.8. The van der Waals surface area contributed by atoms with Crippen LogP contribution in [-0.4, -0.2) is 39.0 Å². The summed E-state index contributed by atoms with van der Waals surface area (Å²) in [6.45, 7) is 0.929. The molecule has 3 heterocycles. The maximum atomic E-state index is 13.4. The minimum atomic E-state index is -1.03. The number of rotatable bonds is 3. The molecule has 0 unspecified atom stereocenters. The van der Waals surface area contributed by atoms with E-state index in [1.165, 1.54) is 6.07 Å². The van der Waals surface area contributed by atoms with Crippen LogP contribution in [0, 0.1) is 11.6 Å². The van der Waals surface area contributed by atoms with Crippen molar-refractivity contribution in [3.63, 3.8) is 0 Å². The van der Waals surface area contributed by atoms with E-state index < -0.39 is 11.6 Å². The maximum absolute atomic E-state index is 13.4. The number of aromatic nitrogens is 3. The monoisotopic (exact) mass is 370 g/mol. The highest BCUT2D eigenvalue weighted by Crippen LogP contribution is 2.27. The molecule has 8 heteroatoms. The van der Waals surface area contributed by atoms with E-state index in [0.717, 1.165) is 25.0 Å². The summed E-state index contributed by atoms with van der Waals surface area (Å²) in [7, 11) is 0. The molecule has 1 saturated heterocycles. The van der Waals surface area contributed by atoms with Crippen LogP contribution in [-0.2, 0) is 0 Å². The van der Waals surface area contributed by atoms with Gasteiger partial charge in [0.1, 0.15) is 5.69 Å². The first-order chi connectivity index (χ1) is 13.1. The highest BCUT2D eigenvalue weighted by atomic mass is 19.2. The fourth-order valence-corrected chi connectivity index (χ4v) is 3.18. The number of benzene rings is 1. The Hall–Kier alpha value is -3.16. The first kappa shape index (κ1) is 17.3. The van der Waals surface area contributed by atoms with Crippen LogP contribution in [0.2, 0.25) is 0 Å². The quantitative estimate of drug-likeness (QED) is 0.706. The van der Waals surface area contributed by atoms with Gasteiger partial charge in [-0.3, -0.25) is 9.78 Å². The largest absolute Gasteiger partial charge is 0.338 e. The first-order valence-corrected chi connectivity index (χ1v) is 8.61. The van der Waals surface area contributed by atoms with Crippen LogP contribution >= 0.6 is 0 Å². The molecule has 1 aliphatic heterocycles. The van der Waals surface area contributed by atoms with Crippen molar-refractivity contribution >= 4 is 5.91 Å². The van der Waals surface area contributed by atoms with Gasteiger partial charge < -0.3 is 9.42 Å². The topological polar surface area (TPSA) is 72.1 Å². The number of carbonyl (C=O) groups is 1. The van der Waals surface area contributed by atoms with Crippen molar-refractivity contribution in [3.05, 3.63) is 65.6 Å². The lowest BCUT2D eigenvalue weighted by molar-refractivity contribution is 0.0703. The molecule has 1 atom stereocenters. The van der Waals surface area contributed by atoms with E-state index in [-0.39, 0.29) is 17.4 Å². The molecule has 1 amide bonds. The Morgan fingerprint density at radius 3 is 2.85 bits per heavy atom. The van der Waals surface area contributed by atoms with Crippen LogP contribution in [0.1, 0.15) is 34.9 Å². The van der Waals surface area contributed by atoms with E-state index in [4.69, 9.17) is 4.52 Å².